The fourth-order valence-corrected chi connectivity index (χ4v) is 3.18. The number of pyridine rings is 1. The van der Waals surface area contributed by atoms with E-state index in [1.807, 2.05) is 18.3 Å². The highest BCUT2D eigenvalue weighted by Crippen LogP contribution is 2.35. The molecule has 2 aromatic rings. The maximum Gasteiger partial charge on any atom is 0.0510 e. The van der Waals surface area contributed by atoms with Gasteiger partial charge in [-0.3, -0.25) is 4.98 Å². The predicted molar refractivity (Wildman–Crippen MR) is 78.6 cm³/mol. The molecule has 1 aliphatic carbocycles. The van der Waals surface area contributed by atoms with E-state index in [-0.39, 0.29) is 0 Å². The van der Waals surface area contributed by atoms with Gasteiger partial charge in [-0.05, 0) is 60.7 Å². The van der Waals surface area contributed by atoms with E-state index in [4.69, 9.17) is 17.3 Å². The van der Waals surface area contributed by atoms with Gasteiger partial charge in [0, 0.05) is 17.1 Å². The fourth-order valence-electron chi connectivity index (χ4n) is 2.98. The Morgan fingerprint density at radius 3 is 2.89 bits per heavy atom. The molecule has 1 atom stereocenters. The molecule has 0 amide bonds. The second-order valence-corrected chi connectivity index (χ2v) is 5.46. The van der Waals surface area contributed by atoms with Crippen LogP contribution in [0.15, 0.2) is 36.5 Å². The van der Waals surface area contributed by atoms with Crippen LogP contribution < -0.4 is 5.73 Å². The smallest absolute Gasteiger partial charge is 0.0510 e. The van der Waals surface area contributed by atoms with Crippen molar-refractivity contribution in [2.24, 2.45) is 5.73 Å². The molecule has 3 heteroatoms. The van der Waals surface area contributed by atoms with Crippen LogP contribution in [0.1, 0.15) is 34.7 Å². The molecule has 0 saturated carbocycles. The number of halogens is 1. The first-order valence-electron chi connectivity index (χ1n) is 6.72. The minimum atomic E-state index is 0.302. The average molecular weight is 273 g/mol. The monoisotopic (exact) mass is 272 g/mol. The van der Waals surface area contributed by atoms with E-state index in [0.29, 0.717) is 12.5 Å². The number of rotatable bonds is 2. The molecule has 1 heterocycles. The molecule has 1 aromatic heterocycles. The summed E-state index contributed by atoms with van der Waals surface area (Å²) >= 11 is 6.13. The van der Waals surface area contributed by atoms with Crippen molar-refractivity contribution in [3.05, 3.63) is 63.9 Å². The number of aryl methyl sites for hydroxylation is 2. The van der Waals surface area contributed by atoms with Crippen LogP contribution in [0.2, 0.25) is 5.02 Å². The van der Waals surface area contributed by atoms with Gasteiger partial charge in [-0.15, -0.1) is 0 Å². The zero-order chi connectivity index (χ0) is 13.2. The Balaban J connectivity index is 2.15. The number of hydrogen-bond acceptors (Lipinski definition) is 2. The summed E-state index contributed by atoms with van der Waals surface area (Å²) in [5.74, 6) is 0.302. The van der Waals surface area contributed by atoms with Crippen molar-refractivity contribution in [2.45, 2.75) is 25.2 Å². The third-order valence-corrected chi connectivity index (χ3v) is 4.09. The van der Waals surface area contributed by atoms with Crippen LogP contribution >= 0.6 is 11.6 Å². The Hall–Kier alpha value is -1.38. The van der Waals surface area contributed by atoms with Gasteiger partial charge in [0.25, 0.3) is 0 Å². The minimum Gasteiger partial charge on any atom is -0.330 e. The summed E-state index contributed by atoms with van der Waals surface area (Å²) in [6, 6.07) is 10.4. The van der Waals surface area contributed by atoms with Crippen LogP contribution in [-0.2, 0) is 12.8 Å². The first-order chi connectivity index (χ1) is 9.29. The number of fused-ring (bicyclic) bond motifs is 2. The van der Waals surface area contributed by atoms with Crippen molar-refractivity contribution in [2.75, 3.05) is 6.54 Å². The van der Waals surface area contributed by atoms with Crippen molar-refractivity contribution >= 4 is 11.6 Å². The molecule has 2 nitrogen and oxygen atoms in total. The summed E-state index contributed by atoms with van der Waals surface area (Å²) in [5, 5.41) is 0.809. The summed E-state index contributed by atoms with van der Waals surface area (Å²) < 4.78 is 0. The number of nitrogens with two attached hydrogens (primary N) is 1. The fraction of sp³-hybridized carbons (Fsp3) is 0.312. The van der Waals surface area contributed by atoms with Crippen molar-refractivity contribution in [3.63, 3.8) is 0 Å². The topological polar surface area (TPSA) is 38.9 Å². The van der Waals surface area contributed by atoms with E-state index < -0.39 is 0 Å². The molecule has 0 saturated heterocycles. The summed E-state index contributed by atoms with van der Waals surface area (Å²) in [5.41, 5.74) is 11.0. The molecule has 0 bridgehead atoms. The molecule has 19 heavy (non-hydrogen) atoms. The van der Waals surface area contributed by atoms with E-state index in [1.165, 1.54) is 22.4 Å². The van der Waals surface area contributed by atoms with Crippen LogP contribution in [0.5, 0.6) is 0 Å². The highest BCUT2D eigenvalue weighted by Gasteiger charge is 2.24. The van der Waals surface area contributed by atoms with Crippen LogP contribution in [0.25, 0.3) is 0 Å². The van der Waals surface area contributed by atoms with Crippen LogP contribution in [0.4, 0.5) is 0 Å². The van der Waals surface area contributed by atoms with E-state index >= 15 is 0 Å². The van der Waals surface area contributed by atoms with Crippen molar-refractivity contribution in [1.29, 1.82) is 0 Å². The molecule has 0 radical (unpaired) electrons. The van der Waals surface area contributed by atoms with Gasteiger partial charge >= 0.3 is 0 Å². The predicted octanol–water partition coefficient (Wildman–Crippen LogP) is 3.31. The van der Waals surface area contributed by atoms with Gasteiger partial charge in [-0.1, -0.05) is 23.7 Å². The molecule has 0 aliphatic heterocycles. The highest BCUT2D eigenvalue weighted by atomic mass is 35.5. The standard InChI is InChI=1S/C16H17ClN2/c17-13-5-6-14-12(10-13)4-3-11-2-1-9-19-16(11)15(14)7-8-18/h1-2,5-6,9-10,15H,3-4,7-8,18H2. The first-order valence-corrected chi connectivity index (χ1v) is 7.09. The number of hydrogen-bond donors (Lipinski definition) is 1. The van der Waals surface area contributed by atoms with Gasteiger partial charge < -0.3 is 5.73 Å². The second-order valence-electron chi connectivity index (χ2n) is 5.02. The van der Waals surface area contributed by atoms with Crippen molar-refractivity contribution in [3.8, 4) is 0 Å². The molecule has 1 aliphatic rings. The molecule has 0 spiro atoms. The summed E-state index contributed by atoms with van der Waals surface area (Å²) in [6.07, 6.45) is 4.86. The molecule has 2 N–H and O–H groups in total. The van der Waals surface area contributed by atoms with Gasteiger partial charge in [0.15, 0.2) is 0 Å². The van der Waals surface area contributed by atoms with Crippen molar-refractivity contribution < 1.29 is 0 Å². The van der Waals surface area contributed by atoms with Crippen molar-refractivity contribution in [1.82, 2.24) is 4.98 Å². The lowest BCUT2D eigenvalue weighted by molar-refractivity contribution is 0.701. The SMILES string of the molecule is NCCC1c2ccc(Cl)cc2CCc2cccnc21. The quantitative estimate of drug-likeness (QED) is 0.911. The maximum absolute atomic E-state index is 6.13. The van der Waals surface area contributed by atoms with Crippen LogP contribution in [-0.4, -0.2) is 11.5 Å². The van der Waals surface area contributed by atoms with Gasteiger partial charge in [0.2, 0.25) is 0 Å². The number of aromatic nitrogens is 1. The third kappa shape index (κ3) is 2.38. The largest absolute Gasteiger partial charge is 0.330 e. The second kappa shape index (κ2) is 5.32. The highest BCUT2D eigenvalue weighted by molar-refractivity contribution is 6.30. The molecule has 0 fully saturated rings. The first kappa shape index (κ1) is 12.6. The average Bonchev–Trinajstić information content (AvgIpc) is 2.57. The lowest BCUT2D eigenvalue weighted by atomic mass is 9.89. The lowest BCUT2D eigenvalue weighted by Crippen LogP contribution is -2.11. The van der Waals surface area contributed by atoms with Crippen LogP contribution in [0.3, 0.4) is 0 Å². The third-order valence-electron chi connectivity index (χ3n) is 3.86. The molecule has 1 unspecified atom stereocenters. The van der Waals surface area contributed by atoms with Gasteiger partial charge in [-0.25, -0.2) is 0 Å². The molecule has 3 rings (SSSR count). The molecular formula is C16H17ClN2. The zero-order valence-electron chi connectivity index (χ0n) is 10.8. The van der Waals surface area contributed by atoms with Gasteiger partial charge in [0.1, 0.15) is 0 Å². The number of benzene rings is 1. The maximum atomic E-state index is 6.13. The Kier molecular flexibility index (Phi) is 3.54. The van der Waals surface area contributed by atoms with Gasteiger partial charge in [0.05, 0.1) is 5.69 Å². The van der Waals surface area contributed by atoms with E-state index in [0.717, 1.165) is 24.3 Å². The summed E-state index contributed by atoms with van der Waals surface area (Å²) in [4.78, 5) is 4.61. The molecule has 98 valence electrons. The summed E-state index contributed by atoms with van der Waals surface area (Å²) in [6.45, 7) is 0.669. The Bertz CT molecular complexity index is 595. The molecular weight excluding hydrogens is 256 g/mol. The number of nitrogens with zero attached hydrogens (tertiary/aromatic N) is 1. The zero-order valence-corrected chi connectivity index (χ0v) is 11.5. The normalized spacial score (nSPS) is 17.5. The Labute approximate surface area is 118 Å². The van der Waals surface area contributed by atoms with Crippen LogP contribution in [0, 0.1) is 0 Å². The molecule has 1 aromatic carbocycles. The minimum absolute atomic E-state index is 0.302. The van der Waals surface area contributed by atoms with E-state index in [2.05, 4.69) is 23.2 Å². The van der Waals surface area contributed by atoms with Gasteiger partial charge in [-0.2, -0.15) is 0 Å². The Morgan fingerprint density at radius 1 is 1.21 bits per heavy atom. The summed E-state index contributed by atoms with van der Waals surface area (Å²) in [7, 11) is 0. The van der Waals surface area contributed by atoms with E-state index in [1.54, 1.807) is 0 Å². The lowest BCUT2D eigenvalue weighted by Gasteiger charge is -2.18. The van der Waals surface area contributed by atoms with E-state index in [9.17, 15) is 0 Å². The Morgan fingerprint density at radius 2 is 2.05 bits per heavy atom.